The van der Waals surface area contributed by atoms with Crippen LogP contribution in [0.25, 0.3) is 0 Å². The highest BCUT2D eigenvalue weighted by Gasteiger charge is 2.32. The standard InChI is InChI=1S/C22H30N2O2/c1-23(11-13-25)15-21-17-7-3-5-9-19(17)22(16-24(2)12-14-26)20-10-6-4-8-18(20)21/h3-10,21-22,25-26H,11-16H2,1-2H3. The maximum absolute atomic E-state index is 9.28. The van der Waals surface area contributed by atoms with Crippen LogP contribution in [0.4, 0.5) is 0 Å². The van der Waals surface area contributed by atoms with Crippen LogP contribution in [-0.2, 0) is 0 Å². The third-order valence-corrected chi connectivity index (χ3v) is 5.45. The van der Waals surface area contributed by atoms with Crippen molar-refractivity contribution in [1.82, 2.24) is 9.80 Å². The molecule has 0 saturated heterocycles. The fourth-order valence-electron chi connectivity index (χ4n) is 4.17. The van der Waals surface area contributed by atoms with Gasteiger partial charge in [0.25, 0.3) is 0 Å². The van der Waals surface area contributed by atoms with Gasteiger partial charge >= 0.3 is 0 Å². The molecular weight excluding hydrogens is 324 g/mol. The summed E-state index contributed by atoms with van der Waals surface area (Å²) in [6, 6.07) is 17.5. The van der Waals surface area contributed by atoms with Gasteiger partial charge in [-0.15, -0.1) is 0 Å². The number of likely N-dealkylation sites (N-methyl/N-ethyl adjacent to an activating group) is 2. The average Bonchev–Trinajstić information content (AvgIpc) is 2.65. The Kier molecular flexibility index (Phi) is 6.43. The fraction of sp³-hybridized carbons (Fsp3) is 0.455. The molecule has 0 aliphatic heterocycles. The van der Waals surface area contributed by atoms with Crippen molar-refractivity contribution < 1.29 is 10.2 Å². The monoisotopic (exact) mass is 354 g/mol. The summed E-state index contributed by atoms with van der Waals surface area (Å²) in [5, 5.41) is 18.6. The lowest BCUT2D eigenvalue weighted by molar-refractivity contribution is 0.213. The highest BCUT2D eigenvalue weighted by atomic mass is 16.3. The van der Waals surface area contributed by atoms with E-state index in [0.29, 0.717) is 24.9 Å². The molecule has 2 aromatic carbocycles. The van der Waals surface area contributed by atoms with E-state index in [4.69, 9.17) is 0 Å². The molecule has 0 radical (unpaired) electrons. The minimum Gasteiger partial charge on any atom is -0.395 e. The van der Waals surface area contributed by atoms with E-state index in [1.165, 1.54) is 22.3 Å². The highest BCUT2D eigenvalue weighted by molar-refractivity contribution is 5.53. The van der Waals surface area contributed by atoms with Gasteiger partial charge in [-0.05, 0) is 36.3 Å². The predicted octanol–water partition coefficient (Wildman–Crippen LogP) is 2.11. The van der Waals surface area contributed by atoms with E-state index in [1.54, 1.807) is 0 Å². The van der Waals surface area contributed by atoms with Crippen molar-refractivity contribution in [2.24, 2.45) is 0 Å². The van der Waals surface area contributed by atoms with E-state index in [0.717, 1.165) is 13.1 Å². The molecule has 0 unspecified atom stereocenters. The molecule has 1 aliphatic rings. The van der Waals surface area contributed by atoms with E-state index in [9.17, 15) is 10.2 Å². The zero-order valence-corrected chi connectivity index (χ0v) is 15.8. The molecule has 0 spiro atoms. The first-order valence-electron chi connectivity index (χ1n) is 9.42. The van der Waals surface area contributed by atoms with Crippen LogP contribution in [-0.4, -0.2) is 73.5 Å². The van der Waals surface area contributed by atoms with Gasteiger partial charge in [0, 0.05) is 38.0 Å². The van der Waals surface area contributed by atoms with Crippen LogP contribution in [0.5, 0.6) is 0 Å². The third kappa shape index (κ3) is 3.99. The van der Waals surface area contributed by atoms with E-state index in [1.807, 2.05) is 0 Å². The van der Waals surface area contributed by atoms with Gasteiger partial charge in [0.1, 0.15) is 0 Å². The van der Waals surface area contributed by atoms with Crippen molar-refractivity contribution in [2.45, 2.75) is 11.8 Å². The van der Waals surface area contributed by atoms with Gasteiger partial charge in [0.2, 0.25) is 0 Å². The minimum absolute atomic E-state index is 0.182. The Bertz CT molecular complexity index is 611. The highest BCUT2D eigenvalue weighted by Crippen LogP contribution is 2.43. The van der Waals surface area contributed by atoms with Crippen LogP contribution in [0.15, 0.2) is 48.5 Å². The number of aliphatic hydroxyl groups excluding tert-OH is 2. The number of fused-ring (bicyclic) bond motifs is 2. The summed E-state index contributed by atoms with van der Waals surface area (Å²) in [5.74, 6) is 0.636. The Morgan fingerprint density at radius 1 is 0.654 bits per heavy atom. The van der Waals surface area contributed by atoms with Crippen molar-refractivity contribution in [3.63, 3.8) is 0 Å². The number of hydrogen-bond donors (Lipinski definition) is 2. The number of rotatable bonds is 8. The predicted molar refractivity (Wildman–Crippen MR) is 106 cm³/mol. The number of hydrogen-bond acceptors (Lipinski definition) is 4. The lowest BCUT2D eigenvalue weighted by atomic mass is 9.72. The molecular formula is C22H30N2O2. The van der Waals surface area contributed by atoms with Gasteiger partial charge in [0.05, 0.1) is 13.2 Å². The molecule has 2 N–H and O–H groups in total. The maximum atomic E-state index is 9.28. The molecule has 0 atom stereocenters. The molecule has 0 bridgehead atoms. The molecule has 1 aliphatic carbocycles. The summed E-state index contributed by atoms with van der Waals surface area (Å²) < 4.78 is 0. The van der Waals surface area contributed by atoms with Gasteiger partial charge in [-0.25, -0.2) is 0 Å². The van der Waals surface area contributed by atoms with Crippen molar-refractivity contribution in [3.05, 3.63) is 70.8 Å². The summed E-state index contributed by atoms with van der Waals surface area (Å²) in [7, 11) is 4.14. The van der Waals surface area contributed by atoms with Gasteiger partial charge in [-0.1, -0.05) is 48.5 Å². The second-order valence-corrected chi connectivity index (χ2v) is 7.33. The van der Waals surface area contributed by atoms with E-state index in [-0.39, 0.29) is 13.2 Å². The normalized spacial score (nSPS) is 18.8. The molecule has 0 heterocycles. The second kappa shape index (κ2) is 8.78. The molecule has 140 valence electrons. The van der Waals surface area contributed by atoms with E-state index < -0.39 is 0 Å². The Morgan fingerprint density at radius 2 is 0.962 bits per heavy atom. The molecule has 26 heavy (non-hydrogen) atoms. The average molecular weight is 354 g/mol. The summed E-state index contributed by atoms with van der Waals surface area (Å²) in [6.45, 7) is 3.52. The van der Waals surface area contributed by atoms with Crippen LogP contribution in [0.3, 0.4) is 0 Å². The van der Waals surface area contributed by atoms with Crippen LogP contribution >= 0.6 is 0 Å². The van der Waals surface area contributed by atoms with Crippen LogP contribution in [0.1, 0.15) is 34.1 Å². The molecule has 4 heteroatoms. The Morgan fingerprint density at radius 3 is 1.23 bits per heavy atom. The van der Waals surface area contributed by atoms with Crippen molar-refractivity contribution in [3.8, 4) is 0 Å². The van der Waals surface area contributed by atoms with Gasteiger partial charge < -0.3 is 20.0 Å². The second-order valence-electron chi connectivity index (χ2n) is 7.33. The first-order chi connectivity index (χ1) is 12.7. The van der Waals surface area contributed by atoms with Crippen LogP contribution < -0.4 is 0 Å². The number of aliphatic hydroxyl groups is 2. The van der Waals surface area contributed by atoms with Gasteiger partial charge in [-0.2, -0.15) is 0 Å². The SMILES string of the molecule is CN(CCO)CC1c2ccccc2C(CN(C)CCO)c2ccccc21. The zero-order chi connectivity index (χ0) is 18.5. The van der Waals surface area contributed by atoms with Crippen LogP contribution in [0, 0.1) is 0 Å². The van der Waals surface area contributed by atoms with Gasteiger partial charge in [-0.3, -0.25) is 0 Å². The fourth-order valence-corrected chi connectivity index (χ4v) is 4.17. The lowest BCUT2D eigenvalue weighted by Crippen LogP contribution is -2.34. The third-order valence-electron chi connectivity index (χ3n) is 5.45. The molecule has 4 nitrogen and oxygen atoms in total. The van der Waals surface area contributed by atoms with Crippen molar-refractivity contribution >= 4 is 0 Å². The molecule has 0 fully saturated rings. The smallest absolute Gasteiger partial charge is 0.0558 e. The Labute approximate surface area is 156 Å². The molecule has 2 aromatic rings. The summed E-state index contributed by atoms with van der Waals surface area (Å²) in [6.07, 6.45) is 0. The maximum Gasteiger partial charge on any atom is 0.0558 e. The first-order valence-corrected chi connectivity index (χ1v) is 9.42. The Balaban J connectivity index is 2.01. The molecule has 0 amide bonds. The first kappa shape index (κ1) is 19.1. The summed E-state index contributed by atoms with van der Waals surface area (Å²) in [5.41, 5.74) is 5.55. The molecule has 3 rings (SSSR count). The van der Waals surface area contributed by atoms with Crippen molar-refractivity contribution in [2.75, 3.05) is 53.5 Å². The zero-order valence-electron chi connectivity index (χ0n) is 15.8. The Hall–Kier alpha value is -1.72. The van der Waals surface area contributed by atoms with E-state index >= 15 is 0 Å². The molecule has 0 aromatic heterocycles. The van der Waals surface area contributed by atoms with Crippen molar-refractivity contribution in [1.29, 1.82) is 0 Å². The molecule has 0 saturated carbocycles. The largest absolute Gasteiger partial charge is 0.395 e. The number of benzene rings is 2. The lowest BCUT2D eigenvalue weighted by Gasteiger charge is -2.37. The minimum atomic E-state index is 0.182. The van der Waals surface area contributed by atoms with Gasteiger partial charge in [0.15, 0.2) is 0 Å². The topological polar surface area (TPSA) is 46.9 Å². The number of nitrogens with zero attached hydrogens (tertiary/aromatic N) is 2. The summed E-state index contributed by atoms with van der Waals surface area (Å²) in [4.78, 5) is 4.41. The quantitative estimate of drug-likeness (QED) is 0.762. The van der Waals surface area contributed by atoms with E-state index in [2.05, 4.69) is 72.4 Å². The summed E-state index contributed by atoms with van der Waals surface area (Å²) >= 11 is 0. The van der Waals surface area contributed by atoms with Crippen LogP contribution in [0.2, 0.25) is 0 Å².